The van der Waals surface area contributed by atoms with E-state index in [-0.39, 0.29) is 34.7 Å². The van der Waals surface area contributed by atoms with Crippen LogP contribution >= 0.6 is 0 Å². The van der Waals surface area contributed by atoms with Gasteiger partial charge in [-0.3, -0.25) is 14.0 Å². The van der Waals surface area contributed by atoms with Crippen molar-refractivity contribution in [2.45, 2.75) is 38.6 Å². The Hall–Kier alpha value is -4.80. The highest BCUT2D eigenvalue weighted by atomic mass is 19.1. The Morgan fingerprint density at radius 2 is 1.81 bits per heavy atom. The Kier molecular flexibility index (Phi) is 5.83. The minimum Gasteiger partial charge on any atom is -0.381 e. The smallest absolute Gasteiger partial charge is 0.271 e. The number of imidazole rings is 2. The first-order chi connectivity index (χ1) is 20.1. The molecule has 0 radical (unpaired) electrons. The number of rotatable bonds is 6. The van der Waals surface area contributed by atoms with Gasteiger partial charge in [0.1, 0.15) is 17.2 Å². The molecule has 0 spiro atoms. The van der Waals surface area contributed by atoms with Crippen LogP contribution in [-0.4, -0.2) is 59.6 Å². The summed E-state index contributed by atoms with van der Waals surface area (Å²) >= 11 is 0. The number of benzene rings is 1. The second-order valence-corrected chi connectivity index (χ2v) is 11.8. The van der Waals surface area contributed by atoms with E-state index in [0.29, 0.717) is 41.0 Å². The minimum absolute atomic E-state index is 0.0474. The van der Waals surface area contributed by atoms with Crippen LogP contribution in [0.3, 0.4) is 0 Å². The Labute approximate surface area is 241 Å². The van der Waals surface area contributed by atoms with Crippen molar-refractivity contribution in [3.63, 3.8) is 0 Å². The number of nitrogen functional groups attached to an aromatic ring is 1. The van der Waals surface area contributed by atoms with Crippen LogP contribution in [0.2, 0.25) is 0 Å². The van der Waals surface area contributed by atoms with E-state index in [9.17, 15) is 14.0 Å². The summed E-state index contributed by atoms with van der Waals surface area (Å²) in [6.45, 7) is 4.24. The van der Waals surface area contributed by atoms with Gasteiger partial charge in [-0.1, -0.05) is 0 Å². The number of halogens is 1. The van der Waals surface area contributed by atoms with Crippen molar-refractivity contribution in [2.75, 3.05) is 19.3 Å². The van der Waals surface area contributed by atoms with Gasteiger partial charge in [-0.25, -0.2) is 19.3 Å². The highest BCUT2D eigenvalue weighted by molar-refractivity contribution is 5.95. The van der Waals surface area contributed by atoms with Gasteiger partial charge in [-0.05, 0) is 74.4 Å². The maximum Gasteiger partial charge on any atom is 0.271 e. The summed E-state index contributed by atoms with van der Waals surface area (Å²) in [7, 11) is 1.82. The van der Waals surface area contributed by atoms with Gasteiger partial charge in [-0.2, -0.15) is 0 Å². The molecule has 11 heteroatoms. The number of nitrogens with zero attached hydrogens (tertiary/aromatic N) is 6. The van der Waals surface area contributed by atoms with Crippen molar-refractivity contribution in [3.8, 4) is 22.5 Å². The molecule has 3 fully saturated rings. The molecule has 3 saturated carbocycles. The minimum atomic E-state index is -0.355. The molecule has 3 aliphatic rings. The monoisotopic (exact) mass is 566 g/mol. The maximum atomic E-state index is 13.8. The molecule has 1 aromatic carbocycles. The maximum absolute atomic E-state index is 13.8. The molecule has 42 heavy (non-hydrogen) atoms. The summed E-state index contributed by atoms with van der Waals surface area (Å²) < 4.78 is 17.6. The molecule has 5 aromatic rings. The van der Waals surface area contributed by atoms with Crippen molar-refractivity contribution in [1.29, 1.82) is 0 Å². The normalized spacial score (nSPS) is 21.0. The van der Waals surface area contributed by atoms with E-state index in [1.165, 1.54) is 12.1 Å². The summed E-state index contributed by atoms with van der Waals surface area (Å²) in [5.41, 5.74) is 11.2. The van der Waals surface area contributed by atoms with Gasteiger partial charge in [-0.15, -0.1) is 0 Å². The molecule has 2 amide bonds. The fourth-order valence-electron chi connectivity index (χ4n) is 6.77. The largest absolute Gasteiger partial charge is 0.381 e. The molecule has 8 rings (SSSR count). The zero-order chi connectivity index (χ0) is 29.3. The van der Waals surface area contributed by atoms with Gasteiger partial charge >= 0.3 is 0 Å². The lowest BCUT2D eigenvalue weighted by molar-refractivity contribution is -0.128. The third-order valence-electron chi connectivity index (χ3n) is 9.00. The lowest BCUT2D eigenvalue weighted by Crippen LogP contribution is -2.51. The van der Waals surface area contributed by atoms with Gasteiger partial charge in [0.15, 0.2) is 11.5 Å². The molecular formula is C31H31FN8O2. The van der Waals surface area contributed by atoms with Crippen LogP contribution in [0.4, 0.5) is 10.2 Å². The van der Waals surface area contributed by atoms with Crippen LogP contribution in [0.1, 0.15) is 42.4 Å². The van der Waals surface area contributed by atoms with Gasteiger partial charge in [0.25, 0.3) is 5.91 Å². The van der Waals surface area contributed by atoms with Crippen LogP contribution in [0.25, 0.3) is 33.8 Å². The molecule has 214 valence electrons. The first-order valence-electron chi connectivity index (χ1n) is 14.0. The average molecular weight is 567 g/mol. The molecule has 4 heterocycles. The molecule has 2 bridgehead atoms. The lowest BCUT2D eigenvalue weighted by Gasteiger charge is -2.39. The summed E-state index contributed by atoms with van der Waals surface area (Å²) in [6, 6.07) is 9.92. The Bertz CT molecular complexity index is 1890. The van der Waals surface area contributed by atoms with Crippen molar-refractivity contribution in [1.82, 2.24) is 34.0 Å². The first-order valence-corrected chi connectivity index (χ1v) is 14.0. The van der Waals surface area contributed by atoms with Gasteiger partial charge < -0.3 is 20.4 Å². The SMILES string of the molecule is CC(=O)N(C)CC1CC2(NC(=O)c3cn4c(-c5ccc6ncc(C)n6c5)c(-c5ccc(F)cc5)nc(N)c4n3)CC1C2. The number of amides is 2. The second-order valence-electron chi connectivity index (χ2n) is 11.8. The predicted molar refractivity (Wildman–Crippen MR) is 156 cm³/mol. The van der Waals surface area contributed by atoms with Crippen molar-refractivity contribution < 1.29 is 14.0 Å². The molecule has 0 saturated heterocycles. The Morgan fingerprint density at radius 3 is 2.55 bits per heavy atom. The topological polar surface area (TPSA) is 123 Å². The van der Waals surface area contributed by atoms with Gasteiger partial charge in [0, 0.05) is 61.5 Å². The van der Waals surface area contributed by atoms with Crippen LogP contribution < -0.4 is 11.1 Å². The number of nitrogens with one attached hydrogen (secondary N) is 1. The summed E-state index contributed by atoms with van der Waals surface area (Å²) in [5, 5.41) is 3.26. The van der Waals surface area contributed by atoms with Crippen LogP contribution in [-0.2, 0) is 4.79 Å². The quantitative estimate of drug-likeness (QED) is 0.319. The summed E-state index contributed by atoms with van der Waals surface area (Å²) in [4.78, 5) is 40.9. The van der Waals surface area contributed by atoms with Gasteiger partial charge in [0.2, 0.25) is 5.91 Å². The summed E-state index contributed by atoms with van der Waals surface area (Å²) in [6.07, 6.45) is 8.09. The highest BCUT2D eigenvalue weighted by Gasteiger charge is 2.56. The van der Waals surface area contributed by atoms with E-state index in [0.717, 1.165) is 36.2 Å². The average Bonchev–Trinajstić information content (AvgIpc) is 3.71. The molecule has 10 nitrogen and oxygen atoms in total. The van der Waals surface area contributed by atoms with Crippen LogP contribution in [0, 0.1) is 24.6 Å². The first kappa shape index (κ1) is 26.1. The third kappa shape index (κ3) is 4.18. The lowest BCUT2D eigenvalue weighted by atomic mass is 9.76. The molecule has 3 aliphatic carbocycles. The van der Waals surface area contributed by atoms with E-state index in [2.05, 4.69) is 15.3 Å². The molecule has 0 aliphatic heterocycles. The number of carbonyl (C=O) groups excluding carboxylic acids is 2. The molecule has 3 N–H and O–H groups in total. The predicted octanol–water partition coefficient (Wildman–Crippen LogP) is 4.12. The van der Waals surface area contributed by atoms with E-state index in [1.54, 1.807) is 40.8 Å². The molecular weight excluding hydrogens is 535 g/mol. The Balaban J connectivity index is 1.28. The second kappa shape index (κ2) is 9.37. The van der Waals surface area contributed by atoms with Crippen molar-refractivity contribution in [2.24, 2.45) is 11.8 Å². The number of nitrogens with two attached hydrogens (primary N) is 1. The highest BCUT2D eigenvalue weighted by Crippen LogP contribution is 2.55. The van der Waals surface area contributed by atoms with E-state index >= 15 is 0 Å². The number of aryl methyl sites for hydroxylation is 1. The van der Waals surface area contributed by atoms with Crippen molar-refractivity contribution in [3.05, 3.63) is 72.2 Å². The van der Waals surface area contributed by atoms with E-state index in [4.69, 9.17) is 10.7 Å². The number of fused-ring (bicyclic) bond motifs is 3. The van der Waals surface area contributed by atoms with E-state index in [1.807, 2.05) is 36.7 Å². The zero-order valence-corrected chi connectivity index (χ0v) is 23.6. The molecule has 1 atom stereocenters. The number of pyridine rings is 1. The standard InChI is InChI=1S/C31H31FN8O2/c1-17-13-34-25-9-6-20(15-39(17)25)27-26(19-4-7-23(32)8-5-19)36-28(33)29-35-24(16-40(27)29)30(42)37-31-10-21(11-31)22(12-31)14-38(3)18(2)41/h4-9,13,15-16,21-22H,10-12,14H2,1-3H3,(H2,33,36)(H,37,42). The zero-order valence-electron chi connectivity index (χ0n) is 23.6. The van der Waals surface area contributed by atoms with Crippen LogP contribution in [0.15, 0.2) is 55.0 Å². The number of aromatic nitrogens is 5. The number of anilines is 1. The fraction of sp³-hybridized carbons (Fsp3) is 0.323. The number of hydrogen-bond acceptors (Lipinski definition) is 6. The Morgan fingerprint density at radius 1 is 1.07 bits per heavy atom. The van der Waals surface area contributed by atoms with Crippen LogP contribution in [0.5, 0.6) is 0 Å². The van der Waals surface area contributed by atoms with E-state index < -0.39 is 0 Å². The molecule has 1 unspecified atom stereocenters. The van der Waals surface area contributed by atoms with Crippen molar-refractivity contribution >= 4 is 28.9 Å². The third-order valence-corrected chi connectivity index (χ3v) is 9.00. The molecule has 4 aromatic heterocycles. The number of carbonyl (C=O) groups is 2. The summed E-state index contributed by atoms with van der Waals surface area (Å²) in [5.74, 6) is 0.447. The van der Waals surface area contributed by atoms with Gasteiger partial charge in [0.05, 0.1) is 11.4 Å². The fourth-order valence-corrected chi connectivity index (χ4v) is 6.77. The number of hydrogen-bond donors (Lipinski definition) is 2.